The summed E-state index contributed by atoms with van der Waals surface area (Å²) in [6.45, 7) is 2.27. The van der Waals surface area contributed by atoms with E-state index in [2.05, 4.69) is 0 Å². The van der Waals surface area contributed by atoms with Crippen LogP contribution in [0.25, 0.3) is 22.0 Å². The molecule has 2 heterocycles. The Morgan fingerprint density at radius 2 is 1.88 bits per heavy atom. The highest BCUT2D eigenvalue weighted by molar-refractivity contribution is 7.90. The molecule has 1 aromatic heterocycles. The lowest BCUT2D eigenvalue weighted by atomic mass is 10.0. The van der Waals surface area contributed by atoms with Crippen LogP contribution >= 0.6 is 0 Å². The Kier molecular flexibility index (Phi) is 7.37. The van der Waals surface area contributed by atoms with E-state index >= 15 is 4.39 Å². The fourth-order valence-corrected chi connectivity index (χ4v) is 6.18. The number of halogens is 1. The molecule has 0 N–H and O–H groups in total. The molecule has 4 aromatic rings. The topological polar surface area (TPSA) is 94.9 Å². The van der Waals surface area contributed by atoms with E-state index in [0.29, 0.717) is 41.8 Å². The van der Waals surface area contributed by atoms with Crippen molar-refractivity contribution < 1.29 is 31.9 Å². The molecule has 3 aromatic carbocycles. The van der Waals surface area contributed by atoms with E-state index in [1.807, 2.05) is 6.07 Å². The largest absolute Gasteiger partial charge is 0.496 e. The van der Waals surface area contributed by atoms with Crippen molar-refractivity contribution in [3.05, 3.63) is 78.2 Å². The lowest BCUT2D eigenvalue weighted by Crippen LogP contribution is -2.42. The second-order valence-corrected chi connectivity index (χ2v) is 11.6. The molecular weight excluding hydrogens is 535 g/mol. The number of hydrogen-bond donors (Lipinski definition) is 0. The molecule has 1 atom stereocenters. The van der Waals surface area contributed by atoms with Crippen molar-refractivity contribution in [1.82, 2.24) is 4.57 Å². The van der Waals surface area contributed by atoms with Gasteiger partial charge in [0.25, 0.3) is 0 Å². The van der Waals surface area contributed by atoms with Crippen LogP contribution in [0.4, 0.5) is 10.1 Å². The number of benzene rings is 3. The monoisotopic (exact) mass is 564 g/mol. The van der Waals surface area contributed by atoms with Gasteiger partial charge >= 0.3 is 5.97 Å². The van der Waals surface area contributed by atoms with Crippen LogP contribution in [0.2, 0.25) is 0 Å². The highest BCUT2D eigenvalue weighted by Gasteiger charge is 2.33. The van der Waals surface area contributed by atoms with Gasteiger partial charge in [0.1, 0.15) is 23.2 Å². The van der Waals surface area contributed by atoms with Crippen LogP contribution < -0.4 is 9.64 Å². The van der Waals surface area contributed by atoms with E-state index in [9.17, 15) is 18.0 Å². The molecule has 0 bridgehead atoms. The molecule has 1 unspecified atom stereocenters. The molecule has 10 heteroatoms. The minimum atomic E-state index is -3.53. The lowest BCUT2D eigenvalue weighted by Gasteiger charge is -2.33. The van der Waals surface area contributed by atoms with Gasteiger partial charge in [-0.1, -0.05) is 24.3 Å². The van der Waals surface area contributed by atoms with Gasteiger partial charge in [-0.25, -0.2) is 17.6 Å². The van der Waals surface area contributed by atoms with Crippen molar-refractivity contribution in [3.8, 4) is 16.9 Å². The number of carbonyl (C=O) groups is 2. The third kappa shape index (κ3) is 4.95. The summed E-state index contributed by atoms with van der Waals surface area (Å²) in [5.41, 5.74) is 1.84. The Balaban J connectivity index is 1.50. The fourth-order valence-electron chi connectivity index (χ4n) is 5.27. The zero-order chi connectivity index (χ0) is 28.6. The first-order chi connectivity index (χ1) is 19.1. The second-order valence-electron chi connectivity index (χ2n) is 9.64. The number of hydrogen-bond acceptors (Lipinski definition) is 6. The van der Waals surface area contributed by atoms with E-state index in [0.717, 1.165) is 11.6 Å². The number of aromatic nitrogens is 1. The normalized spacial score (nSPS) is 15.8. The number of sulfone groups is 1. The number of methoxy groups -OCH3 is 1. The van der Waals surface area contributed by atoms with E-state index < -0.39 is 27.7 Å². The Bertz CT molecular complexity index is 1730. The van der Waals surface area contributed by atoms with E-state index in [1.54, 1.807) is 54.1 Å². The summed E-state index contributed by atoms with van der Waals surface area (Å²) in [5.74, 6) is -1.05. The number of amides is 1. The zero-order valence-electron chi connectivity index (χ0n) is 22.4. The van der Waals surface area contributed by atoms with Crippen LogP contribution in [-0.4, -0.2) is 51.4 Å². The predicted octanol–water partition coefficient (Wildman–Crippen LogP) is 5.40. The number of fused-ring (bicyclic) bond motifs is 1. The highest BCUT2D eigenvalue weighted by atomic mass is 32.2. The molecular formula is C30H29FN2O6S. The maximum atomic E-state index is 15.5. The molecule has 1 amide bonds. The Hall–Kier alpha value is -4.18. The molecule has 1 fully saturated rings. The number of ether oxygens (including phenoxy) is 2. The number of esters is 1. The Morgan fingerprint density at radius 1 is 1.10 bits per heavy atom. The molecule has 0 aliphatic carbocycles. The van der Waals surface area contributed by atoms with Crippen LogP contribution in [0.1, 0.15) is 36.2 Å². The van der Waals surface area contributed by atoms with Gasteiger partial charge < -0.3 is 18.9 Å². The quantitative estimate of drug-likeness (QED) is 0.279. The summed E-state index contributed by atoms with van der Waals surface area (Å²) in [5, 5.41) is 0.787. The predicted molar refractivity (Wildman–Crippen MR) is 150 cm³/mol. The molecule has 5 rings (SSSR count). The number of piperidine rings is 1. The van der Waals surface area contributed by atoms with Crippen molar-refractivity contribution in [2.24, 2.45) is 0 Å². The molecule has 40 heavy (non-hydrogen) atoms. The SMILES string of the molecule is CCOC(=O)c1cc2c(ccn2C2CCCN(c3ccc(-c4ccccc4S(C)(=O)=O)cc3F)C2=O)cc1OC. The number of rotatable bonds is 7. The standard InChI is InChI=1S/C30H29FN2O6S/c1-4-39-30(35)22-18-26-20(17-27(22)38-2)13-15-32(26)25-9-7-14-33(29(25)34)24-12-11-19(16-23(24)31)21-8-5-6-10-28(21)40(3,36)37/h5-6,8,10-13,15-18,25H,4,7,9,14H2,1-3H3. The first kappa shape index (κ1) is 27.4. The average Bonchev–Trinajstić information content (AvgIpc) is 3.35. The summed E-state index contributed by atoms with van der Waals surface area (Å²) in [7, 11) is -2.05. The molecule has 1 aliphatic heterocycles. The summed E-state index contributed by atoms with van der Waals surface area (Å²) < 4.78 is 52.4. The summed E-state index contributed by atoms with van der Waals surface area (Å²) in [6, 6.07) is 15.5. The van der Waals surface area contributed by atoms with Gasteiger partial charge in [-0.05, 0) is 61.7 Å². The minimum Gasteiger partial charge on any atom is -0.496 e. The first-order valence-corrected chi connectivity index (χ1v) is 14.8. The van der Waals surface area contributed by atoms with Gasteiger partial charge in [0.15, 0.2) is 9.84 Å². The van der Waals surface area contributed by atoms with Crippen LogP contribution in [0.3, 0.4) is 0 Å². The van der Waals surface area contributed by atoms with Crippen LogP contribution in [0.5, 0.6) is 5.75 Å². The van der Waals surface area contributed by atoms with Gasteiger partial charge in [0.2, 0.25) is 5.91 Å². The lowest BCUT2D eigenvalue weighted by molar-refractivity contribution is -0.123. The Labute approximate surface area is 231 Å². The Morgan fingerprint density at radius 3 is 2.58 bits per heavy atom. The van der Waals surface area contributed by atoms with Crippen molar-refractivity contribution in [2.75, 3.05) is 31.4 Å². The van der Waals surface area contributed by atoms with Gasteiger partial charge in [0, 0.05) is 35.5 Å². The maximum absolute atomic E-state index is 15.5. The van der Waals surface area contributed by atoms with E-state index in [1.165, 1.54) is 30.2 Å². The molecule has 1 saturated heterocycles. The third-order valence-corrected chi connectivity index (χ3v) is 8.27. The minimum absolute atomic E-state index is 0.106. The second kappa shape index (κ2) is 10.8. The summed E-state index contributed by atoms with van der Waals surface area (Å²) >= 11 is 0. The smallest absolute Gasteiger partial charge is 0.341 e. The average molecular weight is 565 g/mol. The van der Waals surface area contributed by atoms with Crippen molar-refractivity contribution in [2.45, 2.75) is 30.7 Å². The van der Waals surface area contributed by atoms with Gasteiger partial charge in [0.05, 0.1) is 24.3 Å². The molecule has 0 radical (unpaired) electrons. The van der Waals surface area contributed by atoms with Gasteiger partial charge in [-0.15, -0.1) is 0 Å². The summed E-state index contributed by atoms with van der Waals surface area (Å²) in [6.07, 6.45) is 4.07. The van der Waals surface area contributed by atoms with E-state index in [4.69, 9.17) is 9.47 Å². The first-order valence-electron chi connectivity index (χ1n) is 12.9. The van der Waals surface area contributed by atoms with Crippen LogP contribution in [0.15, 0.2) is 71.8 Å². The van der Waals surface area contributed by atoms with Crippen molar-refractivity contribution in [1.29, 1.82) is 0 Å². The molecule has 8 nitrogen and oxygen atoms in total. The number of nitrogens with zero attached hydrogens (tertiary/aromatic N) is 2. The van der Waals surface area contributed by atoms with Crippen LogP contribution in [-0.2, 0) is 19.4 Å². The maximum Gasteiger partial charge on any atom is 0.341 e. The van der Waals surface area contributed by atoms with Gasteiger partial charge in [-0.3, -0.25) is 4.79 Å². The summed E-state index contributed by atoms with van der Waals surface area (Å²) in [4.78, 5) is 27.8. The van der Waals surface area contributed by atoms with Gasteiger partial charge in [-0.2, -0.15) is 0 Å². The van der Waals surface area contributed by atoms with Crippen LogP contribution in [0, 0.1) is 5.82 Å². The van der Waals surface area contributed by atoms with E-state index in [-0.39, 0.29) is 28.7 Å². The highest BCUT2D eigenvalue weighted by Crippen LogP contribution is 2.36. The fraction of sp³-hybridized carbons (Fsp3) is 0.267. The molecule has 208 valence electrons. The molecule has 1 aliphatic rings. The number of anilines is 1. The van der Waals surface area contributed by atoms with Crippen molar-refractivity contribution in [3.63, 3.8) is 0 Å². The molecule has 0 saturated carbocycles. The zero-order valence-corrected chi connectivity index (χ0v) is 23.2. The molecule has 0 spiro atoms. The van der Waals surface area contributed by atoms with Crippen molar-refractivity contribution >= 4 is 38.3 Å². The third-order valence-electron chi connectivity index (χ3n) is 7.12. The number of carbonyl (C=O) groups excluding carboxylic acids is 2.